The number of carbonyl (C=O) groups is 1. The lowest BCUT2D eigenvalue weighted by atomic mass is 10.2. The predicted molar refractivity (Wildman–Crippen MR) is 88.1 cm³/mol. The van der Waals surface area contributed by atoms with Crippen molar-refractivity contribution in [2.24, 2.45) is 0 Å². The number of alkyl carbamates (subject to hydrolysis) is 1. The van der Waals surface area contributed by atoms with E-state index in [-0.39, 0.29) is 5.56 Å². The average Bonchev–Trinajstić information content (AvgIpc) is 2.41. The molecule has 0 heterocycles. The highest BCUT2D eigenvalue weighted by molar-refractivity contribution is 9.10. The molecule has 7 heteroatoms. The number of alkyl halides is 2. The van der Waals surface area contributed by atoms with Crippen molar-refractivity contribution in [1.29, 1.82) is 0 Å². The van der Waals surface area contributed by atoms with Gasteiger partial charge in [0.2, 0.25) is 0 Å². The first-order valence-corrected chi connectivity index (χ1v) is 8.15. The molecule has 23 heavy (non-hydrogen) atoms. The summed E-state index contributed by atoms with van der Waals surface area (Å²) in [6.07, 6.45) is -1.49. The lowest BCUT2D eigenvalue weighted by Gasteiger charge is -2.19. The quantitative estimate of drug-likeness (QED) is 0.657. The van der Waals surface area contributed by atoms with Crippen molar-refractivity contribution >= 4 is 22.0 Å². The number of amides is 1. The molecule has 4 nitrogen and oxygen atoms in total. The minimum Gasteiger partial charge on any atom is -0.492 e. The molecule has 1 aromatic carbocycles. The van der Waals surface area contributed by atoms with E-state index < -0.39 is 18.1 Å². The molecule has 0 fully saturated rings. The highest BCUT2D eigenvalue weighted by Crippen LogP contribution is 2.30. The maximum Gasteiger partial charge on any atom is 0.407 e. The Labute approximate surface area is 143 Å². The van der Waals surface area contributed by atoms with Crippen molar-refractivity contribution in [2.75, 3.05) is 13.2 Å². The second-order valence-electron chi connectivity index (χ2n) is 5.97. The molecule has 0 spiro atoms. The number of nitrogens with one attached hydrogen (secondary N) is 1. The van der Waals surface area contributed by atoms with Gasteiger partial charge in [-0.15, -0.1) is 0 Å². The zero-order chi connectivity index (χ0) is 17.5. The third-order valence-corrected chi connectivity index (χ3v) is 3.32. The van der Waals surface area contributed by atoms with E-state index in [1.54, 1.807) is 20.8 Å². The SMILES string of the molecule is CC(C)(C)OC(=O)NCCCCOc1ccc(C(F)F)cc1Br. The lowest BCUT2D eigenvalue weighted by molar-refractivity contribution is 0.0526. The molecular weight excluding hydrogens is 372 g/mol. The highest BCUT2D eigenvalue weighted by atomic mass is 79.9. The molecule has 0 radical (unpaired) electrons. The zero-order valence-corrected chi connectivity index (χ0v) is 15.1. The van der Waals surface area contributed by atoms with Gasteiger partial charge >= 0.3 is 6.09 Å². The summed E-state index contributed by atoms with van der Waals surface area (Å²) < 4.78 is 36.2. The molecule has 1 rings (SSSR count). The molecule has 0 saturated carbocycles. The molecule has 1 amide bonds. The fourth-order valence-corrected chi connectivity index (χ4v) is 2.19. The minimum atomic E-state index is -2.50. The van der Waals surface area contributed by atoms with Crippen molar-refractivity contribution in [3.8, 4) is 5.75 Å². The van der Waals surface area contributed by atoms with E-state index in [2.05, 4.69) is 21.2 Å². The third kappa shape index (κ3) is 8.16. The normalized spacial score (nSPS) is 11.4. The maximum absolute atomic E-state index is 12.5. The molecule has 0 aliphatic carbocycles. The number of rotatable bonds is 7. The molecule has 0 aromatic heterocycles. The van der Waals surface area contributed by atoms with Crippen LogP contribution in [0, 0.1) is 0 Å². The standard InChI is InChI=1S/C16H22BrF2NO3/c1-16(2,3)23-15(21)20-8-4-5-9-22-13-7-6-11(14(18)19)10-12(13)17/h6-7,10,14H,4-5,8-9H2,1-3H3,(H,20,21). The number of hydrogen-bond donors (Lipinski definition) is 1. The molecule has 0 aliphatic heterocycles. The topological polar surface area (TPSA) is 47.6 Å². The largest absolute Gasteiger partial charge is 0.492 e. The Hall–Kier alpha value is -1.37. The summed E-state index contributed by atoms with van der Waals surface area (Å²) in [5, 5.41) is 2.66. The van der Waals surface area contributed by atoms with Gasteiger partial charge in [0.1, 0.15) is 11.4 Å². The monoisotopic (exact) mass is 393 g/mol. The Bertz CT molecular complexity index is 519. The Morgan fingerprint density at radius 3 is 2.57 bits per heavy atom. The number of halogens is 3. The number of ether oxygens (including phenoxy) is 2. The van der Waals surface area contributed by atoms with Crippen LogP contribution >= 0.6 is 15.9 Å². The zero-order valence-electron chi connectivity index (χ0n) is 13.5. The van der Waals surface area contributed by atoms with Gasteiger partial charge in [-0.2, -0.15) is 0 Å². The van der Waals surface area contributed by atoms with E-state index in [1.807, 2.05) is 0 Å². The Kier molecular flexibility index (Phi) is 7.75. The van der Waals surface area contributed by atoms with Crippen LogP contribution in [0.3, 0.4) is 0 Å². The average molecular weight is 394 g/mol. The third-order valence-electron chi connectivity index (χ3n) is 2.70. The summed E-state index contributed by atoms with van der Waals surface area (Å²) in [5.41, 5.74) is -0.560. The number of carbonyl (C=O) groups excluding carboxylic acids is 1. The van der Waals surface area contributed by atoms with E-state index in [0.29, 0.717) is 23.4 Å². The Morgan fingerprint density at radius 2 is 2.00 bits per heavy atom. The van der Waals surface area contributed by atoms with E-state index in [0.717, 1.165) is 12.8 Å². The first-order valence-electron chi connectivity index (χ1n) is 7.36. The molecule has 0 bridgehead atoms. The van der Waals surface area contributed by atoms with Gasteiger partial charge < -0.3 is 14.8 Å². The lowest BCUT2D eigenvalue weighted by Crippen LogP contribution is -2.33. The van der Waals surface area contributed by atoms with Crippen molar-refractivity contribution < 1.29 is 23.0 Å². The van der Waals surface area contributed by atoms with Crippen molar-refractivity contribution in [3.05, 3.63) is 28.2 Å². The van der Waals surface area contributed by atoms with Gasteiger partial charge in [-0.1, -0.05) is 0 Å². The summed E-state index contributed by atoms with van der Waals surface area (Å²) in [6, 6.07) is 4.21. The van der Waals surface area contributed by atoms with Crippen LogP contribution in [0.2, 0.25) is 0 Å². The minimum absolute atomic E-state index is 0.0502. The Balaban J connectivity index is 2.22. The van der Waals surface area contributed by atoms with Crippen LogP contribution in [0.1, 0.15) is 45.6 Å². The molecule has 130 valence electrons. The van der Waals surface area contributed by atoms with Crippen LogP contribution in [0.15, 0.2) is 22.7 Å². The molecule has 1 aromatic rings. The van der Waals surface area contributed by atoms with Crippen LogP contribution in [0.5, 0.6) is 5.75 Å². The van der Waals surface area contributed by atoms with Gasteiger partial charge in [-0.3, -0.25) is 0 Å². The number of benzene rings is 1. The second-order valence-corrected chi connectivity index (χ2v) is 6.83. The summed E-state index contributed by atoms with van der Waals surface area (Å²) in [6.45, 7) is 6.33. The van der Waals surface area contributed by atoms with E-state index in [1.165, 1.54) is 18.2 Å². The summed E-state index contributed by atoms with van der Waals surface area (Å²) in [4.78, 5) is 11.4. The molecule has 1 N–H and O–H groups in total. The molecule has 0 aliphatic rings. The van der Waals surface area contributed by atoms with Crippen LogP contribution in [0.4, 0.5) is 13.6 Å². The van der Waals surface area contributed by atoms with Crippen molar-refractivity contribution in [1.82, 2.24) is 5.32 Å². The second kappa shape index (κ2) is 9.05. The summed E-state index contributed by atoms with van der Waals surface area (Å²) in [7, 11) is 0. The van der Waals surface area contributed by atoms with E-state index in [9.17, 15) is 13.6 Å². The van der Waals surface area contributed by atoms with Gasteiger partial charge in [0.25, 0.3) is 6.43 Å². The summed E-state index contributed by atoms with van der Waals surface area (Å²) >= 11 is 3.21. The fraction of sp³-hybridized carbons (Fsp3) is 0.562. The predicted octanol–water partition coefficient (Wildman–Crippen LogP) is 5.07. The molecular formula is C16H22BrF2NO3. The Morgan fingerprint density at radius 1 is 1.30 bits per heavy atom. The van der Waals surface area contributed by atoms with E-state index >= 15 is 0 Å². The van der Waals surface area contributed by atoms with E-state index in [4.69, 9.17) is 9.47 Å². The first kappa shape index (κ1) is 19.7. The van der Waals surface area contributed by atoms with Crippen LogP contribution in [0.25, 0.3) is 0 Å². The van der Waals surface area contributed by atoms with Gasteiger partial charge in [0, 0.05) is 12.1 Å². The van der Waals surface area contributed by atoms with Gasteiger partial charge in [0.05, 0.1) is 11.1 Å². The smallest absolute Gasteiger partial charge is 0.407 e. The van der Waals surface area contributed by atoms with Gasteiger partial charge in [-0.25, -0.2) is 13.6 Å². The number of hydrogen-bond acceptors (Lipinski definition) is 3. The van der Waals surface area contributed by atoms with Crippen LogP contribution in [-0.2, 0) is 4.74 Å². The van der Waals surface area contributed by atoms with Crippen molar-refractivity contribution in [2.45, 2.75) is 45.6 Å². The molecule has 0 saturated heterocycles. The molecule has 0 atom stereocenters. The van der Waals surface area contributed by atoms with Crippen LogP contribution in [-0.4, -0.2) is 24.8 Å². The maximum atomic E-state index is 12.5. The first-order chi connectivity index (χ1) is 10.7. The summed E-state index contributed by atoms with van der Waals surface area (Å²) in [5.74, 6) is 0.523. The molecule has 0 unspecified atom stereocenters. The van der Waals surface area contributed by atoms with Crippen molar-refractivity contribution in [3.63, 3.8) is 0 Å². The number of unbranched alkanes of at least 4 members (excludes halogenated alkanes) is 1. The fourth-order valence-electron chi connectivity index (χ4n) is 1.68. The van der Waals surface area contributed by atoms with Crippen LogP contribution < -0.4 is 10.1 Å². The highest BCUT2D eigenvalue weighted by Gasteiger charge is 2.15. The van der Waals surface area contributed by atoms with Gasteiger partial charge in [0.15, 0.2) is 0 Å². The van der Waals surface area contributed by atoms with Gasteiger partial charge in [-0.05, 0) is 67.7 Å².